The zero-order valence-corrected chi connectivity index (χ0v) is 16.5. The third-order valence-corrected chi connectivity index (χ3v) is 5.62. The molecule has 0 bridgehead atoms. The van der Waals surface area contributed by atoms with E-state index in [0.29, 0.717) is 12.0 Å². The van der Waals surface area contributed by atoms with Gasteiger partial charge in [-0.25, -0.2) is 0 Å². The van der Waals surface area contributed by atoms with Crippen LogP contribution in [0, 0.1) is 0 Å². The van der Waals surface area contributed by atoms with Crippen molar-refractivity contribution in [2.75, 3.05) is 6.54 Å². The first-order valence-electron chi connectivity index (χ1n) is 10.2. The zero-order valence-electron chi connectivity index (χ0n) is 16.5. The van der Waals surface area contributed by atoms with Gasteiger partial charge in [-0.15, -0.1) is 0 Å². The Morgan fingerprint density at radius 2 is 1.89 bits per heavy atom. The van der Waals surface area contributed by atoms with Crippen molar-refractivity contribution in [1.82, 2.24) is 0 Å². The fraction of sp³-hybridized carbons (Fsp3) is 0.375. The molecule has 0 saturated heterocycles. The van der Waals surface area contributed by atoms with Gasteiger partial charge in [-0.2, -0.15) is 0 Å². The van der Waals surface area contributed by atoms with Gasteiger partial charge in [0.2, 0.25) is 0 Å². The van der Waals surface area contributed by atoms with Crippen molar-refractivity contribution in [3.05, 3.63) is 58.6 Å². The number of nitrogens with zero attached hydrogens (tertiary/aromatic N) is 1. The molecule has 1 aliphatic heterocycles. The molecule has 2 aliphatic carbocycles. The average Bonchev–Trinajstić information content (AvgIpc) is 2.70. The van der Waals surface area contributed by atoms with E-state index in [1.54, 1.807) is 6.08 Å². The van der Waals surface area contributed by atoms with Gasteiger partial charge < -0.3 is 14.6 Å². The van der Waals surface area contributed by atoms with Crippen LogP contribution >= 0.6 is 0 Å². The minimum absolute atomic E-state index is 0.00478. The highest BCUT2D eigenvalue weighted by Crippen LogP contribution is 2.46. The first-order valence-corrected chi connectivity index (χ1v) is 10.2. The number of rotatable bonds is 6. The molecule has 146 valence electrons. The van der Waals surface area contributed by atoms with E-state index in [1.165, 1.54) is 0 Å². The van der Waals surface area contributed by atoms with Crippen molar-refractivity contribution < 1.29 is 14.6 Å². The van der Waals surface area contributed by atoms with E-state index < -0.39 is 5.60 Å². The summed E-state index contributed by atoms with van der Waals surface area (Å²) in [6.07, 6.45) is 6.14. The molecule has 4 heteroatoms. The van der Waals surface area contributed by atoms with Crippen LogP contribution in [0.25, 0.3) is 28.4 Å². The Bertz CT molecular complexity index is 1080. The molecular weight excluding hydrogens is 350 g/mol. The summed E-state index contributed by atoms with van der Waals surface area (Å²) in [4.78, 5) is 4.62. The van der Waals surface area contributed by atoms with Crippen molar-refractivity contribution in [2.45, 2.75) is 51.6 Å². The minimum atomic E-state index is -1.36. The lowest BCUT2D eigenvalue weighted by Crippen LogP contribution is -2.30. The molecule has 1 atom stereocenters. The fourth-order valence-electron chi connectivity index (χ4n) is 4.01. The maximum Gasteiger partial charge on any atom is 0.147 e. The number of fused-ring (bicyclic) bond motifs is 2. The SMILES string of the molecule is CCCCN=c1ccc2c3c4c(cccc4oc-2c1)C(O)(CCCC)C(O)=C3. The molecule has 28 heavy (non-hydrogen) atoms. The number of aliphatic hydroxyl groups excluding tert-OH is 1. The molecule has 0 spiro atoms. The van der Waals surface area contributed by atoms with Crippen LogP contribution in [0.5, 0.6) is 0 Å². The molecule has 0 saturated carbocycles. The van der Waals surface area contributed by atoms with Crippen molar-refractivity contribution in [2.24, 2.45) is 4.99 Å². The molecule has 0 amide bonds. The molecule has 0 fully saturated rings. The molecule has 1 heterocycles. The standard InChI is InChI=1S/C24H27NO3/c1-3-5-12-24(27)19-8-7-9-20-23(19)18(15-22(24)26)17-11-10-16(14-21(17)28-20)25-13-6-4-2/h7-11,14-15,26-27H,3-6,12-13H2,1-2H3. The van der Waals surface area contributed by atoms with Crippen molar-refractivity contribution >= 4 is 17.0 Å². The minimum Gasteiger partial charge on any atom is -0.509 e. The van der Waals surface area contributed by atoms with Gasteiger partial charge in [0.05, 0.1) is 5.36 Å². The third kappa shape index (κ3) is 3.02. The van der Waals surface area contributed by atoms with Gasteiger partial charge in [-0.1, -0.05) is 45.2 Å². The van der Waals surface area contributed by atoms with E-state index in [0.717, 1.165) is 65.4 Å². The largest absolute Gasteiger partial charge is 0.509 e. The number of unbranched alkanes of at least 4 members (excludes halogenated alkanes) is 2. The molecule has 1 unspecified atom stereocenters. The Morgan fingerprint density at radius 3 is 2.68 bits per heavy atom. The third-order valence-electron chi connectivity index (χ3n) is 5.62. The van der Waals surface area contributed by atoms with Gasteiger partial charge in [-0.3, -0.25) is 4.99 Å². The Balaban J connectivity index is 1.94. The summed E-state index contributed by atoms with van der Waals surface area (Å²) in [5.74, 6) is 0.741. The fourth-order valence-corrected chi connectivity index (χ4v) is 4.01. The molecular formula is C24H27NO3. The normalized spacial score (nSPS) is 19.4. The van der Waals surface area contributed by atoms with Crippen LogP contribution in [0.4, 0.5) is 0 Å². The van der Waals surface area contributed by atoms with Crippen molar-refractivity contribution in [3.63, 3.8) is 0 Å². The predicted octanol–water partition coefficient (Wildman–Crippen LogP) is 5.53. The molecule has 0 radical (unpaired) electrons. The number of hydrogen-bond donors (Lipinski definition) is 2. The summed E-state index contributed by atoms with van der Waals surface area (Å²) in [7, 11) is 0. The van der Waals surface area contributed by atoms with Crippen molar-refractivity contribution in [1.29, 1.82) is 0 Å². The summed E-state index contributed by atoms with van der Waals surface area (Å²) in [6.45, 7) is 5.03. The predicted molar refractivity (Wildman–Crippen MR) is 112 cm³/mol. The summed E-state index contributed by atoms with van der Waals surface area (Å²) in [6, 6.07) is 11.6. The highest BCUT2D eigenvalue weighted by Gasteiger charge is 2.39. The topological polar surface area (TPSA) is 66.0 Å². The van der Waals surface area contributed by atoms with Crippen LogP contribution in [0.15, 0.2) is 51.6 Å². The van der Waals surface area contributed by atoms with Crippen molar-refractivity contribution in [3.8, 4) is 11.3 Å². The number of aliphatic hydroxyl groups is 2. The van der Waals surface area contributed by atoms with E-state index in [-0.39, 0.29) is 5.76 Å². The smallest absolute Gasteiger partial charge is 0.147 e. The second-order valence-corrected chi connectivity index (χ2v) is 7.60. The van der Waals surface area contributed by atoms with Crippen LogP contribution < -0.4 is 5.36 Å². The Hall–Kier alpha value is -2.59. The van der Waals surface area contributed by atoms with E-state index in [4.69, 9.17) is 4.42 Å². The van der Waals surface area contributed by atoms with Gasteiger partial charge in [-0.05, 0) is 37.1 Å². The first kappa shape index (κ1) is 18.8. The second-order valence-electron chi connectivity index (χ2n) is 7.60. The van der Waals surface area contributed by atoms with Crippen LogP contribution in [0.3, 0.4) is 0 Å². The quantitative estimate of drug-likeness (QED) is 0.438. The van der Waals surface area contributed by atoms with Gasteiger partial charge in [0.1, 0.15) is 22.7 Å². The Labute approximate surface area is 165 Å². The number of hydrogen-bond acceptors (Lipinski definition) is 4. The lowest BCUT2D eigenvalue weighted by Gasteiger charge is -2.33. The van der Waals surface area contributed by atoms with Gasteiger partial charge >= 0.3 is 0 Å². The summed E-state index contributed by atoms with van der Waals surface area (Å²) < 4.78 is 6.20. The van der Waals surface area contributed by atoms with E-state index in [2.05, 4.69) is 18.8 Å². The lowest BCUT2D eigenvalue weighted by molar-refractivity contribution is 0.0240. The van der Waals surface area contributed by atoms with Crippen LogP contribution in [0.2, 0.25) is 0 Å². The maximum atomic E-state index is 11.3. The maximum absolute atomic E-state index is 11.3. The molecule has 3 aliphatic rings. The highest BCUT2D eigenvalue weighted by atomic mass is 16.3. The molecule has 1 aromatic rings. The van der Waals surface area contributed by atoms with E-state index in [1.807, 2.05) is 36.4 Å². The Morgan fingerprint density at radius 1 is 1.07 bits per heavy atom. The summed E-state index contributed by atoms with van der Waals surface area (Å²) >= 11 is 0. The van der Waals surface area contributed by atoms with Gasteiger partial charge in [0.25, 0.3) is 0 Å². The van der Waals surface area contributed by atoms with E-state index >= 15 is 0 Å². The summed E-state index contributed by atoms with van der Waals surface area (Å²) in [5.41, 5.74) is 1.88. The summed E-state index contributed by atoms with van der Waals surface area (Å²) in [5, 5.41) is 23.8. The Kier molecular flexibility index (Phi) is 4.98. The number of benzene rings is 2. The van der Waals surface area contributed by atoms with Gasteiger partial charge in [0.15, 0.2) is 0 Å². The molecule has 4 rings (SSSR count). The van der Waals surface area contributed by atoms with Crippen LogP contribution in [-0.2, 0) is 5.60 Å². The zero-order chi connectivity index (χ0) is 19.7. The molecule has 0 aromatic heterocycles. The monoisotopic (exact) mass is 377 g/mol. The average molecular weight is 377 g/mol. The lowest BCUT2D eigenvalue weighted by atomic mass is 9.78. The van der Waals surface area contributed by atoms with Crippen LogP contribution in [0.1, 0.15) is 57.1 Å². The molecule has 2 N–H and O–H groups in total. The van der Waals surface area contributed by atoms with Crippen LogP contribution in [-0.4, -0.2) is 16.8 Å². The van der Waals surface area contributed by atoms with E-state index in [9.17, 15) is 10.2 Å². The molecule has 1 aromatic carbocycles. The highest BCUT2D eigenvalue weighted by molar-refractivity contribution is 5.99. The first-order chi connectivity index (χ1) is 13.6. The van der Waals surface area contributed by atoms with Gasteiger partial charge in [0, 0.05) is 34.7 Å². The second kappa shape index (κ2) is 7.44. The molecule has 4 nitrogen and oxygen atoms in total.